The number of methoxy groups -OCH3 is 4. The number of hydrogen-bond acceptors (Lipinski definition) is 6. The first kappa shape index (κ1) is 28.1. The highest BCUT2D eigenvalue weighted by atomic mass is 35.5. The van der Waals surface area contributed by atoms with Crippen LogP contribution < -0.4 is 29.2 Å². The monoisotopic (exact) mass is 570 g/mol. The molecule has 2 amide bonds. The maximum absolute atomic E-state index is 14.2. The Morgan fingerprint density at radius 2 is 1.44 bits per heavy atom. The molecule has 1 heterocycles. The summed E-state index contributed by atoms with van der Waals surface area (Å²) in [6.07, 6.45) is 1.78. The van der Waals surface area contributed by atoms with E-state index in [1.54, 1.807) is 18.2 Å². The van der Waals surface area contributed by atoms with Gasteiger partial charge < -0.3 is 24.3 Å². The number of nitrogens with zero attached hydrogens (tertiary/aromatic N) is 1. The minimum atomic E-state index is -1.42. The van der Waals surface area contributed by atoms with Crippen LogP contribution in [0, 0.1) is 0 Å². The predicted molar refractivity (Wildman–Crippen MR) is 153 cm³/mol. The summed E-state index contributed by atoms with van der Waals surface area (Å²) in [7, 11) is 5.90. The molecular weight excluding hydrogens is 543 g/mol. The number of ether oxygens (including phenoxy) is 4. The topological polar surface area (TPSA) is 86.3 Å². The first-order chi connectivity index (χ1) is 18.7. The van der Waals surface area contributed by atoms with Crippen LogP contribution in [0.1, 0.15) is 18.9 Å². The van der Waals surface area contributed by atoms with Crippen LogP contribution in [0.3, 0.4) is 0 Å². The molecule has 1 aliphatic heterocycles. The lowest BCUT2D eigenvalue weighted by Crippen LogP contribution is -2.70. The molecule has 0 aromatic heterocycles. The van der Waals surface area contributed by atoms with Crippen molar-refractivity contribution in [3.63, 3.8) is 0 Å². The minimum absolute atomic E-state index is 0.0903. The second kappa shape index (κ2) is 11.5. The van der Waals surface area contributed by atoms with E-state index in [9.17, 15) is 9.59 Å². The Kier molecular flexibility index (Phi) is 8.28. The maximum atomic E-state index is 14.2. The van der Waals surface area contributed by atoms with Crippen LogP contribution in [0.15, 0.2) is 60.2 Å². The van der Waals surface area contributed by atoms with E-state index in [-0.39, 0.29) is 22.4 Å². The van der Waals surface area contributed by atoms with E-state index in [4.69, 9.17) is 42.1 Å². The van der Waals surface area contributed by atoms with Gasteiger partial charge in [0.1, 0.15) is 23.0 Å². The molecule has 3 aromatic rings. The molecule has 1 aliphatic rings. The largest absolute Gasteiger partial charge is 0.495 e. The van der Waals surface area contributed by atoms with Crippen LogP contribution >= 0.6 is 23.2 Å². The highest BCUT2D eigenvalue weighted by Crippen LogP contribution is 2.49. The number of hydrogen-bond donors (Lipinski definition) is 1. The van der Waals surface area contributed by atoms with E-state index >= 15 is 0 Å². The lowest BCUT2D eigenvalue weighted by molar-refractivity contribution is -0.135. The second-order valence-electron chi connectivity index (χ2n) is 8.80. The fourth-order valence-corrected chi connectivity index (χ4v) is 5.11. The molecule has 0 radical (unpaired) electrons. The van der Waals surface area contributed by atoms with E-state index in [1.807, 2.05) is 43.3 Å². The number of halogens is 2. The highest BCUT2D eigenvalue weighted by molar-refractivity contribution is 6.33. The Balaban J connectivity index is 1.88. The zero-order valence-corrected chi connectivity index (χ0v) is 23.6. The molecule has 0 aliphatic carbocycles. The summed E-state index contributed by atoms with van der Waals surface area (Å²) in [5.74, 6) is 0.658. The van der Waals surface area contributed by atoms with E-state index in [0.717, 1.165) is 5.56 Å². The number of amides is 2. The van der Waals surface area contributed by atoms with E-state index < -0.39 is 11.4 Å². The fraction of sp³-hybridized carbons (Fsp3) is 0.241. The van der Waals surface area contributed by atoms with Crippen molar-refractivity contribution in [1.82, 2.24) is 0 Å². The van der Waals surface area contributed by atoms with Crippen LogP contribution in [-0.4, -0.2) is 45.8 Å². The van der Waals surface area contributed by atoms with E-state index in [1.165, 1.54) is 39.4 Å². The molecule has 3 aromatic carbocycles. The summed E-state index contributed by atoms with van der Waals surface area (Å²) in [4.78, 5) is 28.9. The van der Waals surface area contributed by atoms with Gasteiger partial charge in [0.2, 0.25) is 5.91 Å². The van der Waals surface area contributed by atoms with E-state index in [2.05, 4.69) is 5.32 Å². The third kappa shape index (κ3) is 5.10. The van der Waals surface area contributed by atoms with Gasteiger partial charge >= 0.3 is 0 Å². The molecule has 1 N–H and O–H groups in total. The zero-order chi connectivity index (χ0) is 28.3. The average Bonchev–Trinajstić information content (AvgIpc) is 2.92. The van der Waals surface area contributed by atoms with Crippen molar-refractivity contribution < 1.29 is 28.5 Å². The number of anilines is 2. The number of carbonyl (C=O) groups is 2. The van der Waals surface area contributed by atoms with Gasteiger partial charge in [-0.3, -0.25) is 14.5 Å². The van der Waals surface area contributed by atoms with Crippen molar-refractivity contribution in [2.24, 2.45) is 0 Å². The van der Waals surface area contributed by atoms with Crippen LogP contribution in [0.2, 0.25) is 10.0 Å². The van der Waals surface area contributed by atoms with Gasteiger partial charge in [-0.2, -0.15) is 0 Å². The Bertz CT molecular complexity index is 1440. The molecular formula is C29H28Cl2N2O6. The van der Waals surface area contributed by atoms with Crippen molar-refractivity contribution >= 4 is 52.5 Å². The number of β-lactam (4-membered cyclic amide) rings is 1. The Hall–Kier alpha value is -3.88. The van der Waals surface area contributed by atoms with Crippen LogP contribution in [0.4, 0.5) is 11.4 Å². The molecule has 0 saturated carbocycles. The smallest absolute Gasteiger partial charge is 0.255 e. The highest BCUT2D eigenvalue weighted by Gasteiger charge is 2.59. The molecule has 8 nitrogen and oxygen atoms in total. The summed E-state index contributed by atoms with van der Waals surface area (Å²) in [6, 6.07) is 15.8. The van der Waals surface area contributed by atoms with Crippen molar-refractivity contribution in [1.29, 1.82) is 0 Å². The fourth-order valence-electron chi connectivity index (χ4n) is 4.64. The van der Waals surface area contributed by atoms with Gasteiger partial charge in [0.15, 0.2) is 5.54 Å². The SMILES string of the molecule is COc1cc(OC)c(NC(=O)C2(C(C)=Cc3ccccc3)CC(=O)N2c2cc(Cl)c(OC)cc2OC)cc1Cl. The maximum Gasteiger partial charge on any atom is 0.255 e. The first-order valence-electron chi connectivity index (χ1n) is 11.9. The van der Waals surface area contributed by atoms with Crippen LogP contribution in [0.5, 0.6) is 23.0 Å². The van der Waals surface area contributed by atoms with E-state index in [0.29, 0.717) is 39.9 Å². The van der Waals surface area contributed by atoms with Gasteiger partial charge in [0.05, 0.1) is 56.3 Å². The second-order valence-corrected chi connectivity index (χ2v) is 9.62. The lowest BCUT2D eigenvalue weighted by atomic mass is 9.75. The Labute approximate surface area is 237 Å². The standard InChI is InChI=1S/C29H28Cl2N2O6/c1-17(11-18-9-7-6-8-10-18)29(28(35)32-21-12-19(30)23(36-2)14-25(21)38-4)16-27(34)33(29)22-13-20(31)24(37-3)15-26(22)39-5/h6-15H,16H2,1-5H3,(H,32,35). The number of carbonyl (C=O) groups excluding carboxylic acids is 2. The van der Waals surface area contributed by atoms with Gasteiger partial charge in [-0.05, 0) is 30.2 Å². The number of rotatable bonds is 9. The molecule has 0 spiro atoms. The normalized spacial score (nSPS) is 16.8. The zero-order valence-electron chi connectivity index (χ0n) is 22.1. The van der Waals surface area contributed by atoms with Crippen molar-refractivity contribution in [2.45, 2.75) is 18.9 Å². The van der Waals surface area contributed by atoms with Crippen LogP contribution in [0.25, 0.3) is 6.08 Å². The predicted octanol–water partition coefficient (Wildman–Crippen LogP) is 6.25. The molecule has 39 heavy (non-hydrogen) atoms. The summed E-state index contributed by atoms with van der Waals surface area (Å²) in [6.45, 7) is 1.81. The Morgan fingerprint density at radius 1 is 0.872 bits per heavy atom. The summed E-state index contributed by atoms with van der Waals surface area (Å²) < 4.78 is 21.6. The molecule has 10 heteroatoms. The lowest BCUT2D eigenvalue weighted by Gasteiger charge is -2.51. The molecule has 1 atom stereocenters. The van der Waals surface area contributed by atoms with Gasteiger partial charge in [0, 0.05) is 12.1 Å². The number of nitrogens with one attached hydrogen (secondary N) is 1. The summed E-state index contributed by atoms with van der Waals surface area (Å²) in [5, 5.41) is 3.46. The van der Waals surface area contributed by atoms with Gasteiger partial charge in [-0.25, -0.2) is 0 Å². The average molecular weight is 571 g/mol. The third-order valence-electron chi connectivity index (χ3n) is 6.67. The van der Waals surface area contributed by atoms with Crippen molar-refractivity contribution in [2.75, 3.05) is 38.7 Å². The number of benzene rings is 3. The molecule has 0 bridgehead atoms. The summed E-state index contributed by atoms with van der Waals surface area (Å²) in [5.41, 5.74) is 0.717. The quantitative estimate of drug-likeness (QED) is 0.306. The van der Waals surface area contributed by atoms with Gasteiger partial charge in [-0.1, -0.05) is 59.6 Å². The van der Waals surface area contributed by atoms with Gasteiger partial charge in [0.25, 0.3) is 5.91 Å². The van der Waals surface area contributed by atoms with Crippen molar-refractivity contribution in [3.8, 4) is 23.0 Å². The van der Waals surface area contributed by atoms with Gasteiger partial charge in [-0.15, -0.1) is 0 Å². The van der Waals surface area contributed by atoms with Crippen molar-refractivity contribution in [3.05, 3.63) is 75.8 Å². The third-order valence-corrected chi connectivity index (χ3v) is 7.26. The minimum Gasteiger partial charge on any atom is -0.495 e. The Morgan fingerprint density at radius 3 is 2.00 bits per heavy atom. The molecule has 1 saturated heterocycles. The molecule has 4 rings (SSSR count). The summed E-state index contributed by atoms with van der Waals surface area (Å²) >= 11 is 12.8. The molecule has 1 fully saturated rings. The molecule has 1 unspecified atom stereocenters. The molecule has 204 valence electrons. The van der Waals surface area contributed by atoms with Crippen LogP contribution in [-0.2, 0) is 9.59 Å². The first-order valence-corrected chi connectivity index (χ1v) is 12.7.